The number of carbonyl (C=O) groups is 1. The number of benzene rings is 1. The van der Waals surface area contributed by atoms with E-state index in [1.807, 2.05) is 43.9 Å². The molecule has 1 amide bonds. The molecule has 2 rings (SSSR count). The Morgan fingerprint density at radius 1 is 1.24 bits per heavy atom. The van der Waals surface area contributed by atoms with Gasteiger partial charge in [0.15, 0.2) is 0 Å². The number of likely N-dealkylation sites (N-methyl/N-ethyl adjacent to an activating group) is 1. The van der Waals surface area contributed by atoms with Crippen LogP contribution in [0.1, 0.15) is 32.4 Å². The molecule has 1 aliphatic heterocycles. The van der Waals surface area contributed by atoms with Crippen LogP contribution in [0.5, 0.6) is 0 Å². The SMILES string of the molecule is CN1CCN(C(=O)[C@H](N)C(C)(C)C)C(c2ccccc2)C1. The molecule has 0 aromatic heterocycles. The Morgan fingerprint density at radius 2 is 1.86 bits per heavy atom. The van der Waals surface area contributed by atoms with Crippen molar-refractivity contribution in [2.24, 2.45) is 11.1 Å². The molecule has 0 bridgehead atoms. The van der Waals surface area contributed by atoms with E-state index < -0.39 is 6.04 Å². The molecular weight excluding hydrogens is 262 g/mol. The Kier molecular flexibility index (Phi) is 4.69. The predicted octanol–water partition coefficient (Wildman–Crippen LogP) is 1.88. The quantitative estimate of drug-likeness (QED) is 0.904. The van der Waals surface area contributed by atoms with Gasteiger partial charge in [-0.1, -0.05) is 51.1 Å². The van der Waals surface area contributed by atoms with Crippen LogP contribution >= 0.6 is 0 Å². The third-order valence-electron chi connectivity index (χ3n) is 4.25. The summed E-state index contributed by atoms with van der Waals surface area (Å²) in [6, 6.07) is 9.85. The summed E-state index contributed by atoms with van der Waals surface area (Å²) < 4.78 is 0. The van der Waals surface area contributed by atoms with Gasteiger partial charge in [0.05, 0.1) is 12.1 Å². The summed E-state index contributed by atoms with van der Waals surface area (Å²) in [5.41, 5.74) is 7.15. The summed E-state index contributed by atoms with van der Waals surface area (Å²) >= 11 is 0. The number of carbonyl (C=O) groups excluding carboxylic acids is 1. The molecule has 1 saturated heterocycles. The smallest absolute Gasteiger partial charge is 0.240 e. The fourth-order valence-corrected chi connectivity index (χ4v) is 2.69. The molecule has 0 radical (unpaired) electrons. The summed E-state index contributed by atoms with van der Waals surface area (Å²) in [6.07, 6.45) is 0. The summed E-state index contributed by atoms with van der Waals surface area (Å²) in [5, 5.41) is 0. The monoisotopic (exact) mass is 289 g/mol. The highest BCUT2D eigenvalue weighted by Gasteiger charge is 2.36. The van der Waals surface area contributed by atoms with E-state index >= 15 is 0 Å². The van der Waals surface area contributed by atoms with Crippen LogP contribution in [-0.4, -0.2) is 48.4 Å². The Balaban J connectivity index is 2.25. The molecule has 1 aromatic rings. The zero-order chi connectivity index (χ0) is 15.6. The van der Waals surface area contributed by atoms with Gasteiger partial charge >= 0.3 is 0 Å². The fourth-order valence-electron chi connectivity index (χ4n) is 2.69. The average molecular weight is 289 g/mol. The zero-order valence-corrected chi connectivity index (χ0v) is 13.5. The third kappa shape index (κ3) is 3.63. The largest absolute Gasteiger partial charge is 0.332 e. The van der Waals surface area contributed by atoms with Gasteiger partial charge in [0, 0.05) is 19.6 Å². The summed E-state index contributed by atoms with van der Waals surface area (Å²) in [4.78, 5) is 17.0. The molecule has 0 spiro atoms. The van der Waals surface area contributed by atoms with E-state index in [-0.39, 0.29) is 17.4 Å². The summed E-state index contributed by atoms with van der Waals surface area (Å²) in [5.74, 6) is 0.0597. The number of nitrogens with zero attached hydrogens (tertiary/aromatic N) is 2. The lowest BCUT2D eigenvalue weighted by atomic mass is 9.86. The minimum Gasteiger partial charge on any atom is -0.332 e. The van der Waals surface area contributed by atoms with Gasteiger partial charge in [0.2, 0.25) is 5.91 Å². The Bertz CT molecular complexity index is 481. The van der Waals surface area contributed by atoms with E-state index in [0.29, 0.717) is 0 Å². The lowest BCUT2D eigenvalue weighted by molar-refractivity contribution is -0.140. The molecule has 4 nitrogen and oxygen atoms in total. The van der Waals surface area contributed by atoms with E-state index in [4.69, 9.17) is 5.73 Å². The molecule has 4 heteroatoms. The zero-order valence-electron chi connectivity index (χ0n) is 13.5. The second-order valence-electron chi connectivity index (χ2n) is 7.06. The maximum Gasteiger partial charge on any atom is 0.240 e. The fraction of sp³-hybridized carbons (Fsp3) is 0.588. The van der Waals surface area contributed by atoms with Crippen LogP contribution in [0.4, 0.5) is 0 Å². The molecule has 1 unspecified atom stereocenters. The van der Waals surface area contributed by atoms with Gasteiger partial charge in [0.25, 0.3) is 0 Å². The molecule has 1 fully saturated rings. The van der Waals surface area contributed by atoms with Crippen molar-refractivity contribution in [3.05, 3.63) is 35.9 Å². The number of nitrogens with two attached hydrogens (primary N) is 1. The van der Waals surface area contributed by atoms with Crippen molar-refractivity contribution >= 4 is 5.91 Å². The first-order chi connectivity index (χ1) is 9.80. The first-order valence-corrected chi connectivity index (χ1v) is 7.60. The van der Waals surface area contributed by atoms with Crippen molar-refractivity contribution in [1.29, 1.82) is 0 Å². The predicted molar refractivity (Wildman–Crippen MR) is 85.8 cm³/mol. The third-order valence-corrected chi connectivity index (χ3v) is 4.25. The number of piperazine rings is 1. The van der Waals surface area contributed by atoms with Crippen molar-refractivity contribution in [2.75, 3.05) is 26.7 Å². The summed E-state index contributed by atoms with van der Waals surface area (Å²) in [7, 11) is 2.10. The van der Waals surface area contributed by atoms with Crippen molar-refractivity contribution in [3.63, 3.8) is 0 Å². The molecular formula is C17H27N3O. The maximum atomic E-state index is 12.8. The van der Waals surface area contributed by atoms with Crippen LogP contribution in [0.2, 0.25) is 0 Å². The van der Waals surface area contributed by atoms with Gasteiger partial charge in [-0.2, -0.15) is 0 Å². The van der Waals surface area contributed by atoms with Gasteiger partial charge in [-0.3, -0.25) is 4.79 Å². The lowest BCUT2D eigenvalue weighted by Crippen LogP contribution is -2.56. The van der Waals surface area contributed by atoms with Gasteiger partial charge in [-0.15, -0.1) is 0 Å². The number of hydrogen-bond acceptors (Lipinski definition) is 3. The first kappa shape index (κ1) is 16.0. The summed E-state index contributed by atoms with van der Waals surface area (Å²) in [6.45, 7) is 8.53. The molecule has 2 atom stereocenters. The standard InChI is InChI=1S/C17H27N3O/c1-17(2,3)15(18)16(21)20-11-10-19(4)12-14(20)13-8-6-5-7-9-13/h5-9,14-15H,10-12,18H2,1-4H3/t14?,15-/m0/s1. The van der Waals surface area contributed by atoms with Crippen LogP contribution in [0, 0.1) is 5.41 Å². The maximum absolute atomic E-state index is 12.8. The van der Waals surface area contributed by atoms with Crippen LogP contribution in [0.15, 0.2) is 30.3 Å². The van der Waals surface area contributed by atoms with Crippen LogP contribution in [0.3, 0.4) is 0 Å². The number of hydrogen-bond donors (Lipinski definition) is 1. The second kappa shape index (κ2) is 6.16. The minimum absolute atomic E-state index is 0.0597. The van der Waals surface area contributed by atoms with Crippen molar-refractivity contribution < 1.29 is 4.79 Å². The minimum atomic E-state index is -0.466. The van der Waals surface area contributed by atoms with E-state index in [9.17, 15) is 4.79 Å². The van der Waals surface area contributed by atoms with Gasteiger partial charge in [-0.25, -0.2) is 0 Å². The molecule has 1 aromatic carbocycles. The van der Waals surface area contributed by atoms with Crippen LogP contribution in [0.25, 0.3) is 0 Å². The van der Waals surface area contributed by atoms with Gasteiger partial charge < -0.3 is 15.5 Å². The van der Waals surface area contributed by atoms with Crippen molar-refractivity contribution in [3.8, 4) is 0 Å². The highest BCUT2D eigenvalue weighted by molar-refractivity contribution is 5.83. The molecule has 21 heavy (non-hydrogen) atoms. The molecule has 0 aliphatic carbocycles. The Labute approximate surface area is 127 Å². The normalized spacial score (nSPS) is 22.1. The second-order valence-corrected chi connectivity index (χ2v) is 7.06. The van der Waals surface area contributed by atoms with E-state index in [2.05, 4.69) is 24.1 Å². The number of rotatable bonds is 2. The molecule has 1 heterocycles. The molecule has 0 saturated carbocycles. The van der Waals surface area contributed by atoms with E-state index in [0.717, 1.165) is 19.6 Å². The van der Waals surface area contributed by atoms with E-state index in [1.54, 1.807) is 0 Å². The lowest BCUT2D eigenvalue weighted by Gasteiger charge is -2.43. The van der Waals surface area contributed by atoms with Crippen molar-refractivity contribution in [1.82, 2.24) is 9.80 Å². The highest BCUT2D eigenvalue weighted by Crippen LogP contribution is 2.28. The van der Waals surface area contributed by atoms with E-state index in [1.165, 1.54) is 5.56 Å². The number of amides is 1. The Morgan fingerprint density at radius 3 is 2.43 bits per heavy atom. The van der Waals surface area contributed by atoms with Crippen LogP contribution < -0.4 is 5.73 Å². The van der Waals surface area contributed by atoms with Gasteiger partial charge in [0.1, 0.15) is 0 Å². The highest BCUT2D eigenvalue weighted by atomic mass is 16.2. The average Bonchev–Trinajstić information content (AvgIpc) is 2.45. The molecule has 2 N–H and O–H groups in total. The topological polar surface area (TPSA) is 49.6 Å². The van der Waals surface area contributed by atoms with Crippen LogP contribution in [-0.2, 0) is 4.79 Å². The Hall–Kier alpha value is -1.39. The molecule has 116 valence electrons. The van der Waals surface area contributed by atoms with Gasteiger partial charge in [-0.05, 0) is 18.0 Å². The first-order valence-electron chi connectivity index (χ1n) is 7.60. The molecule has 1 aliphatic rings. The van der Waals surface area contributed by atoms with Crippen molar-refractivity contribution in [2.45, 2.75) is 32.9 Å².